The maximum absolute atomic E-state index is 11.5. The number of nitrogens with one attached hydrogen (secondary N) is 1. The van der Waals surface area contributed by atoms with Gasteiger partial charge < -0.3 is 15.8 Å². The highest BCUT2D eigenvalue weighted by atomic mass is 16.5. The van der Waals surface area contributed by atoms with Crippen LogP contribution in [-0.4, -0.2) is 19.1 Å². The maximum atomic E-state index is 11.5. The number of benzene rings is 1. The summed E-state index contributed by atoms with van der Waals surface area (Å²) in [6.07, 6.45) is 8.07. The molecule has 0 heterocycles. The van der Waals surface area contributed by atoms with Crippen molar-refractivity contribution in [1.29, 1.82) is 0 Å². The van der Waals surface area contributed by atoms with Gasteiger partial charge in [0.15, 0.2) is 6.61 Å². The van der Waals surface area contributed by atoms with Gasteiger partial charge in [-0.25, -0.2) is 0 Å². The highest BCUT2D eigenvalue weighted by Gasteiger charge is 2.20. The van der Waals surface area contributed by atoms with Gasteiger partial charge >= 0.3 is 0 Å². The van der Waals surface area contributed by atoms with Crippen molar-refractivity contribution in [3.63, 3.8) is 0 Å². The fraction of sp³-hybridized carbons (Fsp3) is 0.400. The molecule has 1 aliphatic carbocycles. The van der Waals surface area contributed by atoms with Crippen LogP contribution in [-0.2, 0) is 11.2 Å². The molecule has 4 heteroatoms. The van der Waals surface area contributed by atoms with Crippen molar-refractivity contribution < 1.29 is 9.53 Å². The first kappa shape index (κ1) is 13.4. The number of fused-ring (bicyclic) bond motifs is 1. The Labute approximate surface area is 113 Å². The third-order valence-electron chi connectivity index (χ3n) is 3.26. The Morgan fingerprint density at radius 3 is 3.21 bits per heavy atom. The third kappa shape index (κ3) is 3.27. The van der Waals surface area contributed by atoms with E-state index in [0.717, 1.165) is 36.1 Å². The largest absolute Gasteiger partial charge is 0.483 e. The number of carbonyl (C=O) groups is 1. The Balaban J connectivity index is 2.03. The molecule has 4 nitrogen and oxygen atoms in total. The summed E-state index contributed by atoms with van der Waals surface area (Å²) < 4.78 is 5.58. The van der Waals surface area contributed by atoms with E-state index in [9.17, 15) is 4.79 Å². The van der Waals surface area contributed by atoms with Gasteiger partial charge in [0.25, 0.3) is 5.91 Å². The van der Waals surface area contributed by atoms with E-state index in [1.54, 1.807) is 0 Å². The van der Waals surface area contributed by atoms with Crippen molar-refractivity contribution >= 4 is 5.91 Å². The van der Waals surface area contributed by atoms with E-state index in [1.165, 1.54) is 0 Å². The van der Waals surface area contributed by atoms with Crippen LogP contribution in [0.4, 0.5) is 0 Å². The molecule has 1 aromatic carbocycles. The minimum absolute atomic E-state index is 0.0205. The Morgan fingerprint density at radius 2 is 2.42 bits per heavy atom. The van der Waals surface area contributed by atoms with Crippen LogP contribution in [0.15, 0.2) is 18.2 Å². The monoisotopic (exact) mass is 258 g/mol. The first-order valence-electron chi connectivity index (χ1n) is 6.42. The molecule has 1 amide bonds. The minimum Gasteiger partial charge on any atom is -0.483 e. The van der Waals surface area contributed by atoms with Gasteiger partial charge in [-0.2, -0.15) is 0 Å². The predicted molar refractivity (Wildman–Crippen MR) is 73.6 cm³/mol. The van der Waals surface area contributed by atoms with E-state index in [1.807, 2.05) is 18.2 Å². The van der Waals surface area contributed by atoms with E-state index in [0.29, 0.717) is 0 Å². The summed E-state index contributed by atoms with van der Waals surface area (Å²) in [5.41, 5.74) is 8.34. The van der Waals surface area contributed by atoms with Crippen molar-refractivity contribution in [2.75, 3.05) is 13.2 Å². The molecule has 100 valence electrons. The van der Waals surface area contributed by atoms with Gasteiger partial charge in [0.2, 0.25) is 0 Å². The van der Waals surface area contributed by atoms with Gasteiger partial charge in [0, 0.05) is 6.04 Å². The quantitative estimate of drug-likeness (QED) is 0.796. The third-order valence-corrected chi connectivity index (χ3v) is 3.26. The molecule has 19 heavy (non-hydrogen) atoms. The molecule has 1 aliphatic rings. The molecule has 0 aliphatic heterocycles. The lowest BCUT2D eigenvalue weighted by Crippen LogP contribution is -2.29. The molecule has 1 aromatic rings. The van der Waals surface area contributed by atoms with Crippen molar-refractivity contribution in [3.8, 4) is 18.1 Å². The van der Waals surface area contributed by atoms with Gasteiger partial charge in [-0.1, -0.05) is 18.1 Å². The number of hydrogen-bond acceptors (Lipinski definition) is 3. The summed E-state index contributed by atoms with van der Waals surface area (Å²) in [5, 5.41) is 2.57. The van der Waals surface area contributed by atoms with Crippen molar-refractivity contribution in [2.24, 2.45) is 5.73 Å². The average molecular weight is 258 g/mol. The highest BCUT2D eigenvalue weighted by Crippen LogP contribution is 2.33. The molecule has 0 aromatic heterocycles. The van der Waals surface area contributed by atoms with Crippen LogP contribution in [0.25, 0.3) is 0 Å². The molecule has 0 fully saturated rings. The van der Waals surface area contributed by atoms with Gasteiger partial charge in [-0.3, -0.25) is 4.79 Å². The van der Waals surface area contributed by atoms with E-state index in [4.69, 9.17) is 16.9 Å². The first-order chi connectivity index (χ1) is 9.22. The molecule has 1 unspecified atom stereocenters. The predicted octanol–water partition coefficient (Wildman–Crippen LogP) is 1.15. The van der Waals surface area contributed by atoms with Gasteiger partial charge in [0.1, 0.15) is 5.75 Å². The minimum atomic E-state index is -0.212. The lowest BCUT2D eigenvalue weighted by molar-refractivity contribution is -0.122. The lowest BCUT2D eigenvalue weighted by atomic mass is 9.88. The molecule has 3 N–H and O–H groups in total. The van der Waals surface area contributed by atoms with E-state index in [-0.39, 0.29) is 25.1 Å². The Kier molecular flexibility index (Phi) is 4.43. The van der Waals surface area contributed by atoms with Crippen LogP contribution in [0.1, 0.15) is 30.0 Å². The number of carbonyl (C=O) groups excluding carboxylic acids is 1. The molecule has 1 atom stereocenters. The van der Waals surface area contributed by atoms with E-state index in [2.05, 4.69) is 11.2 Å². The number of rotatable bonds is 4. The van der Waals surface area contributed by atoms with Crippen LogP contribution in [0, 0.1) is 12.3 Å². The zero-order valence-corrected chi connectivity index (χ0v) is 10.8. The maximum Gasteiger partial charge on any atom is 0.258 e. The number of nitrogens with two attached hydrogens (primary N) is 1. The summed E-state index contributed by atoms with van der Waals surface area (Å²) in [5.74, 6) is 2.89. The average Bonchev–Trinajstić information content (AvgIpc) is 2.43. The van der Waals surface area contributed by atoms with Crippen LogP contribution >= 0.6 is 0 Å². The van der Waals surface area contributed by atoms with Gasteiger partial charge in [0.05, 0.1) is 6.54 Å². The zero-order valence-electron chi connectivity index (χ0n) is 10.8. The fourth-order valence-corrected chi connectivity index (χ4v) is 2.33. The molecular weight excluding hydrogens is 240 g/mol. The second-order valence-electron chi connectivity index (χ2n) is 4.59. The number of terminal acetylenes is 1. The normalized spacial score (nSPS) is 17.2. The van der Waals surface area contributed by atoms with Crippen LogP contribution in [0.5, 0.6) is 5.75 Å². The van der Waals surface area contributed by atoms with Gasteiger partial charge in [-0.05, 0) is 36.5 Å². The van der Waals surface area contributed by atoms with Crippen LogP contribution in [0.2, 0.25) is 0 Å². The first-order valence-corrected chi connectivity index (χ1v) is 6.42. The number of amides is 1. The van der Waals surface area contributed by atoms with Crippen molar-refractivity contribution in [2.45, 2.75) is 25.3 Å². The molecule has 0 saturated heterocycles. The molecule has 0 spiro atoms. The summed E-state index contributed by atoms with van der Waals surface area (Å²) in [6, 6.07) is 5.90. The summed E-state index contributed by atoms with van der Waals surface area (Å²) in [7, 11) is 0. The SMILES string of the molecule is C#CCNC(=O)COc1cccc2c1CCCC2N. The van der Waals surface area contributed by atoms with Crippen LogP contribution in [0.3, 0.4) is 0 Å². The Hall–Kier alpha value is -1.99. The number of ether oxygens (including phenoxy) is 1. The number of hydrogen-bond donors (Lipinski definition) is 2. The highest BCUT2D eigenvalue weighted by molar-refractivity contribution is 5.77. The van der Waals surface area contributed by atoms with Crippen molar-refractivity contribution in [1.82, 2.24) is 5.32 Å². The fourth-order valence-electron chi connectivity index (χ4n) is 2.33. The second kappa shape index (κ2) is 6.26. The Bertz CT molecular complexity index is 505. The molecule has 2 rings (SSSR count). The summed E-state index contributed by atoms with van der Waals surface area (Å²) in [6.45, 7) is 0.202. The summed E-state index contributed by atoms with van der Waals surface area (Å²) >= 11 is 0. The summed E-state index contributed by atoms with van der Waals surface area (Å²) in [4.78, 5) is 11.5. The molecule has 0 saturated carbocycles. The van der Waals surface area contributed by atoms with E-state index < -0.39 is 0 Å². The second-order valence-corrected chi connectivity index (χ2v) is 4.59. The Morgan fingerprint density at radius 1 is 1.58 bits per heavy atom. The van der Waals surface area contributed by atoms with Gasteiger partial charge in [-0.15, -0.1) is 6.42 Å². The zero-order chi connectivity index (χ0) is 13.7. The van der Waals surface area contributed by atoms with Crippen molar-refractivity contribution in [3.05, 3.63) is 29.3 Å². The van der Waals surface area contributed by atoms with Crippen LogP contribution < -0.4 is 15.8 Å². The molecular formula is C15H18N2O2. The molecule has 0 radical (unpaired) electrons. The topological polar surface area (TPSA) is 64.3 Å². The molecule has 0 bridgehead atoms. The lowest BCUT2D eigenvalue weighted by Gasteiger charge is -2.24. The smallest absolute Gasteiger partial charge is 0.258 e. The van der Waals surface area contributed by atoms with E-state index >= 15 is 0 Å². The standard InChI is InChI=1S/C15H18N2O2/c1-2-9-17-15(18)10-19-14-8-4-5-11-12(14)6-3-7-13(11)16/h1,4-5,8,13H,3,6-7,9-10,16H2,(H,17,18).